The van der Waals surface area contributed by atoms with Gasteiger partial charge in [0.05, 0.1) is 0 Å². The summed E-state index contributed by atoms with van der Waals surface area (Å²) < 4.78 is 13.2. The van der Waals surface area contributed by atoms with Crippen molar-refractivity contribution in [3.63, 3.8) is 0 Å². The number of benzene rings is 1. The van der Waals surface area contributed by atoms with Crippen molar-refractivity contribution < 1.29 is 9.18 Å². The van der Waals surface area contributed by atoms with Crippen LogP contribution < -0.4 is 5.32 Å². The molecule has 0 aromatic heterocycles. The van der Waals surface area contributed by atoms with E-state index in [1.165, 1.54) is 6.07 Å². The molecule has 1 aromatic rings. The van der Waals surface area contributed by atoms with Crippen LogP contribution in [0.3, 0.4) is 0 Å². The zero-order valence-electron chi connectivity index (χ0n) is 9.17. The SMILES string of the molecule is CC(CCl)C(=O)NCCc1ccccc1F. The van der Waals surface area contributed by atoms with Crippen molar-refractivity contribution in [2.75, 3.05) is 12.4 Å². The zero-order valence-corrected chi connectivity index (χ0v) is 9.93. The number of carbonyl (C=O) groups excluding carboxylic acids is 1. The second-order valence-electron chi connectivity index (χ2n) is 3.69. The average molecular weight is 244 g/mol. The van der Waals surface area contributed by atoms with E-state index >= 15 is 0 Å². The Morgan fingerprint density at radius 2 is 2.19 bits per heavy atom. The van der Waals surface area contributed by atoms with Gasteiger partial charge in [-0.2, -0.15) is 0 Å². The van der Waals surface area contributed by atoms with E-state index in [0.29, 0.717) is 24.4 Å². The van der Waals surface area contributed by atoms with Gasteiger partial charge in [0.15, 0.2) is 0 Å². The quantitative estimate of drug-likeness (QED) is 0.791. The molecule has 0 saturated carbocycles. The first-order valence-electron chi connectivity index (χ1n) is 5.22. The van der Waals surface area contributed by atoms with Crippen molar-refractivity contribution in [2.45, 2.75) is 13.3 Å². The number of hydrogen-bond donors (Lipinski definition) is 1. The summed E-state index contributed by atoms with van der Waals surface area (Å²) in [6, 6.07) is 6.56. The smallest absolute Gasteiger partial charge is 0.224 e. The molecule has 1 rings (SSSR count). The highest BCUT2D eigenvalue weighted by Crippen LogP contribution is 2.06. The molecule has 2 nitrogen and oxygen atoms in total. The standard InChI is InChI=1S/C12H15ClFNO/c1-9(8-13)12(16)15-7-6-10-4-2-3-5-11(10)14/h2-5,9H,6-8H2,1H3,(H,15,16). The zero-order chi connectivity index (χ0) is 12.0. The molecule has 0 spiro atoms. The molecule has 0 aliphatic carbocycles. The predicted molar refractivity (Wildman–Crippen MR) is 63.0 cm³/mol. The number of hydrogen-bond acceptors (Lipinski definition) is 1. The van der Waals surface area contributed by atoms with Crippen LogP contribution >= 0.6 is 11.6 Å². The third-order valence-corrected chi connectivity index (χ3v) is 2.79. The van der Waals surface area contributed by atoms with Crippen molar-refractivity contribution in [1.82, 2.24) is 5.32 Å². The minimum atomic E-state index is -0.234. The molecule has 0 radical (unpaired) electrons. The second-order valence-corrected chi connectivity index (χ2v) is 4.00. The van der Waals surface area contributed by atoms with Crippen molar-refractivity contribution >= 4 is 17.5 Å². The van der Waals surface area contributed by atoms with E-state index in [0.717, 1.165) is 0 Å². The van der Waals surface area contributed by atoms with Crippen LogP contribution in [0.2, 0.25) is 0 Å². The summed E-state index contributed by atoms with van der Waals surface area (Å²) >= 11 is 5.55. The summed E-state index contributed by atoms with van der Waals surface area (Å²) in [6.07, 6.45) is 0.493. The molecule has 1 unspecified atom stereocenters. The summed E-state index contributed by atoms with van der Waals surface area (Å²) in [6.45, 7) is 2.19. The van der Waals surface area contributed by atoms with E-state index in [1.54, 1.807) is 25.1 Å². The predicted octanol–water partition coefficient (Wildman–Crippen LogP) is 2.36. The van der Waals surface area contributed by atoms with Gasteiger partial charge in [-0.05, 0) is 18.1 Å². The van der Waals surface area contributed by atoms with Gasteiger partial charge in [0.25, 0.3) is 0 Å². The lowest BCUT2D eigenvalue weighted by Crippen LogP contribution is -2.31. The largest absolute Gasteiger partial charge is 0.356 e. The molecule has 1 amide bonds. The average Bonchev–Trinajstić information content (AvgIpc) is 2.30. The molecule has 1 aromatic carbocycles. The minimum Gasteiger partial charge on any atom is -0.356 e. The minimum absolute atomic E-state index is 0.0914. The highest BCUT2D eigenvalue weighted by Gasteiger charge is 2.10. The van der Waals surface area contributed by atoms with Crippen LogP contribution in [-0.2, 0) is 11.2 Å². The van der Waals surface area contributed by atoms with Crippen LogP contribution in [0.25, 0.3) is 0 Å². The van der Waals surface area contributed by atoms with Gasteiger partial charge in [-0.15, -0.1) is 11.6 Å². The van der Waals surface area contributed by atoms with Crippen LogP contribution in [0.1, 0.15) is 12.5 Å². The summed E-state index contributed by atoms with van der Waals surface area (Å²) in [4.78, 5) is 11.4. The van der Waals surface area contributed by atoms with E-state index in [-0.39, 0.29) is 17.6 Å². The Morgan fingerprint density at radius 1 is 1.50 bits per heavy atom. The van der Waals surface area contributed by atoms with Crippen molar-refractivity contribution in [2.24, 2.45) is 5.92 Å². The van der Waals surface area contributed by atoms with E-state index < -0.39 is 0 Å². The number of nitrogens with one attached hydrogen (secondary N) is 1. The third kappa shape index (κ3) is 3.81. The van der Waals surface area contributed by atoms with Gasteiger partial charge in [0.2, 0.25) is 5.91 Å². The topological polar surface area (TPSA) is 29.1 Å². The lowest BCUT2D eigenvalue weighted by Gasteiger charge is -2.09. The van der Waals surface area contributed by atoms with E-state index in [1.807, 2.05) is 0 Å². The Bertz CT molecular complexity index is 357. The first kappa shape index (κ1) is 13.0. The van der Waals surface area contributed by atoms with Gasteiger partial charge in [-0.1, -0.05) is 25.1 Å². The molecular weight excluding hydrogens is 229 g/mol. The van der Waals surface area contributed by atoms with Gasteiger partial charge in [-0.3, -0.25) is 4.79 Å². The molecule has 4 heteroatoms. The molecule has 0 heterocycles. The van der Waals surface area contributed by atoms with E-state index in [2.05, 4.69) is 5.32 Å². The number of halogens is 2. The van der Waals surface area contributed by atoms with Crippen molar-refractivity contribution in [1.29, 1.82) is 0 Å². The summed E-state index contributed by atoms with van der Waals surface area (Å²) in [5, 5.41) is 2.72. The lowest BCUT2D eigenvalue weighted by atomic mass is 10.1. The van der Waals surface area contributed by atoms with Crippen molar-refractivity contribution in [3.05, 3.63) is 35.6 Å². The maximum Gasteiger partial charge on any atom is 0.224 e. The highest BCUT2D eigenvalue weighted by molar-refractivity contribution is 6.19. The van der Waals surface area contributed by atoms with Gasteiger partial charge >= 0.3 is 0 Å². The first-order chi connectivity index (χ1) is 7.65. The fourth-order valence-electron chi connectivity index (χ4n) is 1.27. The summed E-state index contributed by atoms with van der Waals surface area (Å²) in [5.41, 5.74) is 0.612. The maximum atomic E-state index is 13.2. The molecule has 1 atom stereocenters. The summed E-state index contributed by atoms with van der Waals surface area (Å²) in [5.74, 6) is -0.235. The third-order valence-electron chi connectivity index (χ3n) is 2.33. The maximum absolute atomic E-state index is 13.2. The fourth-order valence-corrected chi connectivity index (χ4v) is 1.41. The lowest BCUT2D eigenvalue weighted by molar-refractivity contribution is -0.123. The Balaban J connectivity index is 2.36. The van der Waals surface area contributed by atoms with Crippen LogP contribution in [0.5, 0.6) is 0 Å². The molecular formula is C12H15ClFNO. The number of alkyl halides is 1. The first-order valence-corrected chi connectivity index (χ1v) is 5.75. The molecule has 0 bridgehead atoms. The fraction of sp³-hybridized carbons (Fsp3) is 0.417. The van der Waals surface area contributed by atoms with Crippen LogP contribution in [-0.4, -0.2) is 18.3 Å². The van der Waals surface area contributed by atoms with Gasteiger partial charge in [-0.25, -0.2) is 4.39 Å². The molecule has 88 valence electrons. The van der Waals surface area contributed by atoms with E-state index in [9.17, 15) is 9.18 Å². The van der Waals surface area contributed by atoms with Crippen LogP contribution in [0, 0.1) is 11.7 Å². The van der Waals surface area contributed by atoms with Crippen molar-refractivity contribution in [3.8, 4) is 0 Å². The van der Waals surface area contributed by atoms with Crippen LogP contribution in [0.15, 0.2) is 24.3 Å². The van der Waals surface area contributed by atoms with E-state index in [4.69, 9.17) is 11.6 Å². The monoisotopic (exact) mass is 243 g/mol. The molecule has 0 saturated heterocycles. The Hall–Kier alpha value is -1.09. The van der Waals surface area contributed by atoms with Gasteiger partial charge in [0, 0.05) is 18.3 Å². The Kier molecular flexibility index (Phi) is 5.26. The van der Waals surface area contributed by atoms with Gasteiger partial charge < -0.3 is 5.32 Å². The second kappa shape index (κ2) is 6.48. The van der Waals surface area contributed by atoms with Crippen LogP contribution in [0.4, 0.5) is 4.39 Å². The molecule has 0 fully saturated rings. The molecule has 0 aliphatic heterocycles. The molecule has 16 heavy (non-hydrogen) atoms. The highest BCUT2D eigenvalue weighted by atomic mass is 35.5. The molecule has 0 aliphatic rings. The number of carbonyl (C=O) groups is 1. The Morgan fingerprint density at radius 3 is 2.81 bits per heavy atom. The number of amides is 1. The Labute approximate surface area is 99.8 Å². The van der Waals surface area contributed by atoms with Gasteiger partial charge in [0.1, 0.15) is 5.82 Å². The molecule has 1 N–H and O–H groups in total. The normalized spacial score (nSPS) is 12.2. The summed E-state index contributed by atoms with van der Waals surface area (Å²) in [7, 11) is 0. The number of rotatable bonds is 5.